The molecule has 0 saturated heterocycles. The van der Waals surface area contributed by atoms with E-state index in [-0.39, 0.29) is 11.4 Å². The van der Waals surface area contributed by atoms with Gasteiger partial charge in [0.25, 0.3) is 0 Å². The molecular formula is C28H30N4O3. The fourth-order valence-corrected chi connectivity index (χ4v) is 3.76. The highest BCUT2D eigenvalue weighted by Gasteiger charge is 2.17. The second-order valence-electron chi connectivity index (χ2n) is 9.13. The topological polar surface area (TPSA) is 84.5 Å². The van der Waals surface area contributed by atoms with Crippen molar-refractivity contribution in [3.05, 3.63) is 78.5 Å². The van der Waals surface area contributed by atoms with Gasteiger partial charge in [0, 0.05) is 30.1 Å². The highest BCUT2D eigenvalue weighted by molar-refractivity contribution is 6.08. The standard InChI is InChI=1S/C28H30N4O3/c1-28(2,3)18-10-12-25(34-5)23(16-18)32-27(33)31-22-11-13-24(21-9-7-6-8-20(21)22)35-19-14-15-30-26(17-19)29-4/h6-17H,1-5H3,(H,29,30)(H2,31,32,33). The minimum atomic E-state index is -0.360. The highest BCUT2D eigenvalue weighted by atomic mass is 16.5. The number of ether oxygens (including phenoxy) is 2. The first-order valence-electron chi connectivity index (χ1n) is 11.4. The van der Waals surface area contributed by atoms with E-state index in [1.165, 1.54) is 0 Å². The maximum Gasteiger partial charge on any atom is 0.323 e. The van der Waals surface area contributed by atoms with E-state index in [1.807, 2.05) is 67.7 Å². The fourth-order valence-electron chi connectivity index (χ4n) is 3.76. The van der Waals surface area contributed by atoms with Crippen LogP contribution in [0.5, 0.6) is 17.2 Å². The second kappa shape index (κ2) is 9.93. The lowest BCUT2D eigenvalue weighted by atomic mass is 9.87. The smallest absolute Gasteiger partial charge is 0.323 e. The average Bonchev–Trinajstić information content (AvgIpc) is 2.85. The van der Waals surface area contributed by atoms with Gasteiger partial charge in [-0.25, -0.2) is 9.78 Å². The Balaban J connectivity index is 1.60. The third-order valence-corrected chi connectivity index (χ3v) is 5.66. The van der Waals surface area contributed by atoms with E-state index in [0.29, 0.717) is 34.4 Å². The van der Waals surface area contributed by atoms with Gasteiger partial charge in [-0.3, -0.25) is 0 Å². The summed E-state index contributed by atoms with van der Waals surface area (Å²) in [7, 11) is 3.39. The quantitative estimate of drug-likeness (QED) is 0.282. The lowest BCUT2D eigenvalue weighted by molar-refractivity contribution is 0.262. The van der Waals surface area contributed by atoms with Crippen molar-refractivity contribution in [2.75, 3.05) is 30.1 Å². The lowest BCUT2D eigenvalue weighted by Gasteiger charge is -2.21. The average molecular weight is 471 g/mol. The molecule has 35 heavy (non-hydrogen) atoms. The second-order valence-corrected chi connectivity index (χ2v) is 9.13. The molecule has 0 radical (unpaired) electrons. The number of methoxy groups -OCH3 is 1. The summed E-state index contributed by atoms with van der Waals surface area (Å²) < 4.78 is 11.6. The van der Waals surface area contributed by atoms with Crippen LogP contribution in [0.3, 0.4) is 0 Å². The molecule has 0 atom stereocenters. The zero-order valence-corrected chi connectivity index (χ0v) is 20.6. The summed E-state index contributed by atoms with van der Waals surface area (Å²) in [4.78, 5) is 17.2. The van der Waals surface area contributed by atoms with Crippen molar-refractivity contribution >= 4 is 34.0 Å². The number of fused-ring (bicyclic) bond motifs is 1. The third kappa shape index (κ3) is 5.46. The van der Waals surface area contributed by atoms with Crippen molar-refractivity contribution in [1.82, 2.24) is 4.98 Å². The maximum absolute atomic E-state index is 13.0. The number of aromatic nitrogens is 1. The number of amides is 2. The molecule has 0 aliphatic carbocycles. The van der Waals surface area contributed by atoms with Crippen LogP contribution in [0.15, 0.2) is 72.9 Å². The Morgan fingerprint density at radius 1 is 0.857 bits per heavy atom. The van der Waals surface area contributed by atoms with Gasteiger partial charge in [-0.05, 0) is 41.3 Å². The minimum Gasteiger partial charge on any atom is -0.495 e. The van der Waals surface area contributed by atoms with Gasteiger partial charge in [0.15, 0.2) is 0 Å². The largest absolute Gasteiger partial charge is 0.495 e. The van der Waals surface area contributed by atoms with Crippen molar-refractivity contribution < 1.29 is 14.3 Å². The molecule has 0 unspecified atom stereocenters. The van der Waals surface area contributed by atoms with E-state index in [0.717, 1.165) is 16.3 Å². The van der Waals surface area contributed by atoms with Crippen molar-refractivity contribution in [3.63, 3.8) is 0 Å². The molecule has 1 heterocycles. The Kier molecular flexibility index (Phi) is 6.78. The zero-order valence-electron chi connectivity index (χ0n) is 20.6. The van der Waals surface area contributed by atoms with E-state index >= 15 is 0 Å². The molecule has 3 aromatic carbocycles. The first-order valence-corrected chi connectivity index (χ1v) is 11.4. The predicted octanol–water partition coefficient (Wildman–Crippen LogP) is 7.02. The molecule has 1 aromatic heterocycles. The Morgan fingerprint density at radius 3 is 2.29 bits per heavy atom. The van der Waals surface area contributed by atoms with Gasteiger partial charge in [0.05, 0.1) is 18.5 Å². The number of pyridine rings is 1. The monoisotopic (exact) mass is 470 g/mol. The molecule has 0 aliphatic heterocycles. The van der Waals surface area contributed by atoms with Crippen LogP contribution in [-0.2, 0) is 5.41 Å². The molecule has 0 aliphatic rings. The molecule has 180 valence electrons. The zero-order chi connectivity index (χ0) is 25.0. The van der Waals surface area contributed by atoms with Gasteiger partial charge in [-0.1, -0.05) is 51.1 Å². The Labute approximate surface area is 205 Å². The van der Waals surface area contributed by atoms with Gasteiger partial charge in [-0.2, -0.15) is 0 Å². The van der Waals surface area contributed by atoms with Crippen LogP contribution in [-0.4, -0.2) is 25.2 Å². The summed E-state index contributed by atoms with van der Waals surface area (Å²) in [6, 6.07) is 20.5. The number of nitrogens with zero attached hydrogens (tertiary/aromatic N) is 1. The number of urea groups is 1. The number of hydrogen-bond acceptors (Lipinski definition) is 5. The van der Waals surface area contributed by atoms with Crippen LogP contribution >= 0.6 is 0 Å². The van der Waals surface area contributed by atoms with Crippen molar-refractivity contribution in [3.8, 4) is 17.2 Å². The molecule has 0 fully saturated rings. The Morgan fingerprint density at radius 2 is 1.57 bits per heavy atom. The third-order valence-electron chi connectivity index (χ3n) is 5.66. The summed E-state index contributed by atoms with van der Waals surface area (Å²) in [6.45, 7) is 6.37. The van der Waals surface area contributed by atoms with E-state index in [9.17, 15) is 4.79 Å². The molecule has 7 heteroatoms. The summed E-state index contributed by atoms with van der Waals surface area (Å²) in [6.07, 6.45) is 1.69. The molecule has 4 rings (SSSR count). The predicted molar refractivity (Wildman–Crippen MR) is 142 cm³/mol. The number of rotatable bonds is 6. The summed E-state index contributed by atoms with van der Waals surface area (Å²) in [5.74, 6) is 2.66. The number of carbonyl (C=O) groups is 1. The Bertz CT molecular complexity index is 1360. The number of nitrogens with one attached hydrogen (secondary N) is 3. The van der Waals surface area contributed by atoms with Crippen LogP contribution in [0.25, 0.3) is 10.8 Å². The molecule has 0 saturated carbocycles. The van der Waals surface area contributed by atoms with Gasteiger partial charge in [0.1, 0.15) is 23.1 Å². The van der Waals surface area contributed by atoms with Crippen molar-refractivity contribution in [2.24, 2.45) is 0 Å². The lowest BCUT2D eigenvalue weighted by Crippen LogP contribution is -2.21. The van der Waals surface area contributed by atoms with E-state index in [1.54, 1.807) is 19.4 Å². The van der Waals surface area contributed by atoms with Crippen molar-refractivity contribution in [1.29, 1.82) is 0 Å². The van der Waals surface area contributed by atoms with Gasteiger partial charge >= 0.3 is 6.03 Å². The highest BCUT2D eigenvalue weighted by Crippen LogP contribution is 2.35. The molecule has 7 nitrogen and oxygen atoms in total. The normalized spacial score (nSPS) is 11.1. The van der Waals surface area contributed by atoms with Crippen LogP contribution < -0.4 is 25.4 Å². The number of hydrogen-bond donors (Lipinski definition) is 3. The maximum atomic E-state index is 13.0. The Hall–Kier alpha value is -4.26. The molecule has 3 N–H and O–H groups in total. The molecular weight excluding hydrogens is 440 g/mol. The summed E-state index contributed by atoms with van der Waals surface area (Å²) in [5.41, 5.74) is 2.31. The first-order chi connectivity index (χ1) is 16.8. The van der Waals surface area contributed by atoms with Crippen LogP contribution in [0.2, 0.25) is 0 Å². The summed E-state index contributed by atoms with van der Waals surface area (Å²) in [5, 5.41) is 10.6. The van der Waals surface area contributed by atoms with Gasteiger partial charge < -0.3 is 25.4 Å². The number of anilines is 3. The van der Waals surface area contributed by atoms with E-state index in [2.05, 4.69) is 41.7 Å². The molecule has 2 amide bonds. The first kappa shape index (κ1) is 23.9. The van der Waals surface area contributed by atoms with Gasteiger partial charge in [0.2, 0.25) is 0 Å². The SMILES string of the molecule is CNc1cc(Oc2ccc(NC(=O)Nc3cc(C(C)(C)C)ccc3OC)c3ccccc23)ccn1. The van der Waals surface area contributed by atoms with Crippen LogP contribution in [0.4, 0.5) is 22.0 Å². The summed E-state index contributed by atoms with van der Waals surface area (Å²) >= 11 is 0. The fraction of sp³-hybridized carbons (Fsp3) is 0.214. The van der Waals surface area contributed by atoms with Crippen molar-refractivity contribution in [2.45, 2.75) is 26.2 Å². The minimum absolute atomic E-state index is 0.0615. The number of carbonyl (C=O) groups excluding carboxylic acids is 1. The molecule has 0 spiro atoms. The van der Waals surface area contributed by atoms with Crippen LogP contribution in [0.1, 0.15) is 26.3 Å². The van der Waals surface area contributed by atoms with Crippen LogP contribution in [0, 0.1) is 0 Å². The molecule has 0 bridgehead atoms. The number of benzene rings is 3. The van der Waals surface area contributed by atoms with Gasteiger partial charge in [-0.15, -0.1) is 0 Å². The van der Waals surface area contributed by atoms with E-state index in [4.69, 9.17) is 9.47 Å². The molecule has 4 aromatic rings. The van der Waals surface area contributed by atoms with E-state index < -0.39 is 0 Å².